The summed E-state index contributed by atoms with van der Waals surface area (Å²) in [7, 11) is 0. The molecule has 0 unspecified atom stereocenters. The van der Waals surface area contributed by atoms with Gasteiger partial charge in [-0.05, 0) is 45.2 Å². The average Bonchev–Trinajstić information content (AvgIpc) is 2.59. The van der Waals surface area contributed by atoms with Crippen LogP contribution >= 0.6 is 11.6 Å². The maximum Gasteiger partial charge on any atom is 0.408 e. The molecule has 8 heteroatoms. The molecule has 1 heterocycles. The van der Waals surface area contributed by atoms with E-state index in [1.807, 2.05) is 20.8 Å². The number of amides is 1. The second kappa shape index (κ2) is 9.05. The smallest absolute Gasteiger partial charge is 0.408 e. The predicted octanol–water partition coefficient (Wildman–Crippen LogP) is 3.32. The maximum atomic E-state index is 11.7. The first-order chi connectivity index (χ1) is 12.7. The lowest BCUT2D eigenvalue weighted by Gasteiger charge is -2.33. The van der Waals surface area contributed by atoms with E-state index in [4.69, 9.17) is 16.3 Å². The van der Waals surface area contributed by atoms with Gasteiger partial charge in [0, 0.05) is 11.7 Å². The lowest BCUT2D eigenvalue weighted by molar-refractivity contribution is -0.112. The minimum Gasteiger partial charge on any atom is -0.436 e. The Balaban J connectivity index is 2.08. The van der Waals surface area contributed by atoms with Crippen LogP contribution in [0.4, 0.5) is 10.6 Å². The topological polar surface area (TPSA) is 93.2 Å². The van der Waals surface area contributed by atoms with Crippen molar-refractivity contribution >= 4 is 29.8 Å². The molecule has 0 aliphatic heterocycles. The van der Waals surface area contributed by atoms with Crippen LogP contribution in [0, 0.1) is 11.8 Å². The first kappa shape index (κ1) is 21.0. The number of halogens is 1. The van der Waals surface area contributed by atoms with Gasteiger partial charge in [0.2, 0.25) is 5.28 Å². The second-order valence-corrected chi connectivity index (χ2v) is 7.95. The molecule has 0 atom stereocenters. The number of ether oxygens (including phenoxy) is 1. The van der Waals surface area contributed by atoms with E-state index in [9.17, 15) is 9.59 Å². The van der Waals surface area contributed by atoms with Crippen molar-refractivity contribution in [1.29, 1.82) is 0 Å². The average molecular weight is 393 g/mol. The summed E-state index contributed by atoms with van der Waals surface area (Å²) in [5, 5.41) is 5.96. The Morgan fingerprint density at radius 2 is 2.07 bits per heavy atom. The summed E-state index contributed by atoms with van der Waals surface area (Å²) in [5.74, 6) is 6.05. The Labute approximate surface area is 164 Å². The number of rotatable bonds is 4. The highest BCUT2D eigenvalue weighted by molar-refractivity contribution is 6.28. The quantitative estimate of drug-likeness (QED) is 0.464. The van der Waals surface area contributed by atoms with Crippen LogP contribution in [0.15, 0.2) is 6.20 Å². The molecule has 1 aliphatic rings. The lowest BCUT2D eigenvalue weighted by atomic mass is 9.83. The summed E-state index contributed by atoms with van der Waals surface area (Å²) in [5.41, 5.74) is -0.546. The fraction of sp³-hybridized carbons (Fsp3) is 0.579. The fourth-order valence-corrected chi connectivity index (χ4v) is 2.95. The zero-order valence-corrected chi connectivity index (χ0v) is 16.7. The summed E-state index contributed by atoms with van der Waals surface area (Å²) < 4.78 is 5.03. The normalized spacial score (nSPS) is 15.9. The molecule has 2 N–H and O–H groups in total. The lowest BCUT2D eigenvalue weighted by Crippen LogP contribution is -2.42. The molecule has 0 aromatic carbocycles. The second-order valence-electron chi connectivity index (χ2n) is 7.61. The summed E-state index contributed by atoms with van der Waals surface area (Å²) in [4.78, 5) is 31.5. The monoisotopic (exact) mass is 392 g/mol. The van der Waals surface area contributed by atoms with Gasteiger partial charge >= 0.3 is 6.09 Å². The number of hydrogen-bond acceptors (Lipinski definition) is 6. The Bertz CT molecular complexity index is 744. The molecule has 1 amide bonds. The number of nitrogens with zero attached hydrogens (tertiary/aromatic N) is 2. The number of carbonyl (C=O) groups excluding carboxylic acids is 2. The molecule has 1 aliphatic carbocycles. The Hall–Kier alpha value is -2.33. The molecule has 1 fully saturated rings. The first-order valence-corrected chi connectivity index (χ1v) is 9.32. The van der Waals surface area contributed by atoms with E-state index in [0.717, 1.165) is 38.4 Å². The van der Waals surface area contributed by atoms with Gasteiger partial charge in [0.05, 0.1) is 11.1 Å². The van der Waals surface area contributed by atoms with Gasteiger partial charge in [-0.2, -0.15) is 4.98 Å². The Kier molecular flexibility index (Phi) is 7.03. The van der Waals surface area contributed by atoms with Gasteiger partial charge in [-0.3, -0.25) is 0 Å². The number of carbonyl (C=O) groups is 2. The predicted molar refractivity (Wildman–Crippen MR) is 104 cm³/mol. The molecule has 2 rings (SSSR count). The first-order valence-electron chi connectivity index (χ1n) is 8.94. The molecule has 0 saturated heterocycles. The van der Waals surface area contributed by atoms with Crippen LogP contribution < -0.4 is 10.6 Å². The van der Waals surface area contributed by atoms with Crippen LogP contribution in [0.2, 0.25) is 5.28 Å². The molecule has 27 heavy (non-hydrogen) atoms. The highest BCUT2D eigenvalue weighted by Crippen LogP contribution is 2.30. The molecule has 1 aromatic heterocycles. The van der Waals surface area contributed by atoms with Crippen molar-refractivity contribution in [2.45, 2.75) is 64.0 Å². The zero-order chi connectivity index (χ0) is 19.9. The third-order valence-corrected chi connectivity index (χ3v) is 4.26. The molecule has 1 saturated carbocycles. The van der Waals surface area contributed by atoms with E-state index in [1.54, 1.807) is 0 Å². The number of anilines is 1. The largest absolute Gasteiger partial charge is 0.436 e. The van der Waals surface area contributed by atoms with Crippen molar-refractivity contribution in [3.8, 4) is 11.8 Å². The highest BCUT2D eigenvalue weighted by atomic mass is 35.5. The molecule has 0 radical (unpaired) electrons. The van der Waals surface area contributed by atoms with E-state index < -0.39 is 11.6 Å². The van der Waals surface area contributed by atoms with Gasteiger partial charge in [-0.25, -0.2) is 9.78 Å². The van der Waals surface area contributed by atoms with Crippen LogP contribution in [-0.2, 0) is 9.53 Å². The third-order valence-electron chi connectivity index (χ3n) is 4.07. The maximum absolute atomic E-state index is 11.7. The highest BCUT2D eigenvalue weighted by Gasteiger charge is 2.32. The number of aromatic nitrogens is 2. The Morgan fingerprint density at radius 1 is 1.37 bits per heavy atom. The van der Waals surface area contributed by atoms with Crippen molar-refractivity contribution in [2.24, 2.45) is 0 Å². The number of hydrogen-bond donors (Lipinski definition) is 2. The number of aldehydes is 1. The van der Waals surface area contributed by atoms with Crippen molar-refractivity contribution in [3.63, 3.8) is 0 Å². The summed E-state index contributed by atoms with van der Waals surface area (Å²) >= 11 is 5.91. The minimum atomic E-state index is -0.657. The summed E-state index contributed by atoms with van der Waals surface area (Å²) in [6, 6.07) is 0. The zero-order valence-electron chi connectivity index (χ0n) is 15.9. The van der Waals surface area contributed by atoms with E-state index in [2.05, 4.69) is 32.4 Å². The molecular formula is C19H25ClN4O3. The van der Waals surface area contributed by atoms with Crippen LogP contribution in [0.1, 0.15) is 58.4 Å². The molecular weight excluding hydrogens is 368 g/mol. The van der Waals surface area contributed by atoms with Crippen molar-refractivity contribution in [1.82, 2.24) is 15.3 Å². The van der Waals surface area contributed by atoms with E-state index in [-0.39, 0.29) is 17.4 Å². The minimum absolute atomic E-state index is 0.0701. The van der Waals surface area contributed by atoms with Gasteiger partial charge in [-0.1, -0.05) is 31.1 Å². The van der Waals surface area contributed by atoms with E-state index >= 15 is 0 Å². The molecule has 146 valence electrons. The van der Waals surface area contributed by atoms with Gasteiger partial charge < -0.3 is 20.2 Å². The van der Waals surface area contributed by atoms with Crippen LogP contribution in [0.25, 0.3) is 0 Å². The van der Waals surface area contributed by atoms with Crippen molar-refractivity contribution in [2.75, 3.05) is 11.9 Å². The van der Waals surface area contributed by atoms with Crippen LogP contribution in [-0.4, -0.2) is 40.0 Å². The van der Waals surface area contributed by atoms with Gasteiger partial charge in [0.1, 0.15) is 12.1 Å². The third kappa shape index (κ3) is 6.72. The molecule has 7 nitrogen and oxygen atoms in total. The summed E-state index contributed by atoms with van der Waals surface area (Å²) in [6.07, 6.45) is 6.43. The van der Waals surface area contributed by atoms with Crippen LogP contribution in [0.3, 0.4) is 0 Å². The van der Waals surface area contributed by atoms with E-state index in [0.29, 0.717) is 11.4 Å². The summed E-state index contributed by atoms with van der Waals surface area (Å²) in [6.45, 7) is 5.49. The van der Waals surface area contributed by atoms with Gasteiger partial charge in [-0.15, -0.1) is 0 Å². The van der Waals surface area contributed by atoms with Gasteiger partial charge in [0.15, 0.2) is 6.61 Å². The van der Waals surface area contributed by atoms with Crippen LogP contribution in [0.5, 0.6) is 0 Å². The number of alkyl carbamates (subject to hydrolysis) is 1. The number of nitrogens with one attached hydrogen (secondary N) is 2. The van der Waals surface area contributed by atoms with E-state index in [1.165, 1.54) is 6.20 Å². The standard InChI is InChI=1S/C19H25ClN4O3/c1-18(2,3)24-17(26)27-11-7-8-14-12-21-16(20)22-15(14)23-19(13-25)9-5-4-6-10-19/h12-13H,4-6,9-11H2,1-3H3,(H,24,26)(H,21,22,23). The van der Waals surface area contributed by atoms with Gasteiger partial charge in [0.25, 0.3) is 0 Å². The molecule has 0 spiro atoms. The van der Waals surface area contributed by atoms with Crippen molar-refractivity contribution in [3.05, 3.63) is 17.0 Å². The van der Waals surface area contributed by atoms with Crippen molar-refractivity contribution < 1.29 is 14.3 Å². The Morgan fingerprint density at radius 3 is 2.70 bits per heavy atom. The SMILES string of the molecule is CC(C)(C)NC(=O)OCC#Cc1cnc(Cl)nc1NC1(C=O)CCCCC1. The molecule has 0 bridgehead atoms. The molecule has 1 aromatic rings. The fourth-order valence-electron chi connectivity index (χ4n) is 2.81.